The summed E-state index contributed by atoms with van der Waals surface area (Å²) in [6, 6.07) is 9.41. The number of carboxylic acid groups (broad SMARTS) is 1. The number of hydrogen-bond donors (Lipinski definition) is 2. The Morgan fingerprint density at radius 1 is 1.00 bits per heavy atom. The third-order valence-corrected chi connectivity index (χ3v) is 5.90. The largest absolute Gasteiger partial charge is 0.507 e. The Balaban J connectivity index is 2.22. The van der Waals surface area contributed by atoms with Gasteiger partial charge in [0.25, 0.3) is 0 Å². The number of ether oxygens (including phenoxy) is 1. The van der Waals surface area contributed by atoms with Crippen molar-refractivity contribution in [2.45, 2.75) is 51.4 Å². The van der Waals surface area contributed by atoms with E-state index >= 15 is 0 Å². The molecule has 0 atom stereocenters. The molecule has 0 saturated heterocycles. The second-order valence-electron chi connectivity index (χ2n) is 8.81. The lowest BCUT2D eigenvalue weighted by Gasteiger charge is -2.42. The quantitative estimate of drug-likeness (QED) is 0.686. The summed E-state index contributed by atoms with van der Waals surface area (Å²) >= 11 is 0. The van der Waals surface area contributed by atoms with Crippen LogP contribution in [0.25, 0.3) is 17.2 Å². The lowest BCUT2D eigenvalue weighted by atomic mass is 9.62. The highest BCUT2D eigenvalue weighted by Crippen LogP contribution is 2.49. The maximum Gasteiger partial charge on any atom is 0.328 e. The standard InChI is InChI=1S/C24H28O4/c1-23(2)10-11-24(3,4)19-14-20(25)16(13-18(19)23)17-12-15(7-9-22(26)27)6-8-21(17)28-5/h6-9,12-14,25H,10-11H2,1-5H3,(H,26,27)/b9-7+. The van der Waals surface area contributed by atoms with Crippen molar-refractivity contribution in [1.29, 1.82) is 0 Å². The molecule has 0 aliphatic heterocycles. The molecular formula is C24H28O4. The number of methoxy groups -OCH3 is 1. The van der Waals surface area contributed by atoms with Crippen LogP contribution in [0, 0.1) is 0 Å². The van der Waals surface area contributed by atoms with E-state index in [-0.39, 0.29) is 16.6 Å². The SMILES string of the molecule is COc1ccc(/C=C/C(=O)O)cc1-c1cc2c(cc1O)C(C)(C)CCC2(C)C. The van der Waals surface area contributed by atoms with Gasteiger partial charge in [0.05, 0.1) is 7.11 Å². The van der Waals surface area contributed by atoms with Crippen LogP contribution in [-0.4, -0.2) is 23.3 Å². The maximum atomic E-state index is 10.9. The van der Waals surface area contributed by atoms with Crippen LogP contribution in [0.15, 0.2) is 36.4 Å². The van der Waals surface area contributed by atoms with Gasteiger partial charge in [-0.3, -0.25) is 0 Å². The molecule has 3 rings (SSSR count). The smallest absolute Gasteiger partial charge is 0.328 e. The van der Waals surface area contributed by atoms with Gasteiger partial charge in [-0.05, 0) is 70.7 Å². The average Bonchev–Trinajstić information content (AvgIpc) is 2.63. The van der Waals surface area contributed by atoms with Crippen LogP contribution in [0.2, 0.25) is 0 Å². The fourth-order valence-electron chi connectivity index (χ4n) is 4.03. The monoisotopic (exact) mass is 380 g/mol. The number of rotatable bonds is 4. The summed E-state index contributed by atoms with van der Waals surface area (Å²) in [6.45, 7) is 8.92. The van der Waals surface area contributed by atoms with E-state index in [9.17, 15) is 9.90 Å². The predicted octanol–water partition coefficient (Wildman–Crippen LogP) is 5.51. The highest BCUT2D eigenvalue weighted by atomic mass is 16.5. The summed E-state index contributed by atoms with van der Waals surface area (Å²) in [6.07, 6.45) is 4.79. The lowest BCUT2D eigenvalue weighted by molar-refractivity contribution is -0.131. The van der Waals surface area contributed by atoms with E-state index in [4.69, 9.17) is 9.84 Å². The summed E-state index contributed by atoms with van der Waals surface area (Å²) in [7, 11) is 1.59. The molecule has 0 saturated carbocycles. The van der Waals surface area contributed by atoms with Gasteiger partial charge < -0.3 is 14.9 Å². The van der Waals surface area contributed by atoms with Crippen molar-refractivity contribution in [3.63, 3.8) is 0 Å². The molecule has 0 amide bonds. The molecule has 0 spiro atoms. The molecule has 0 aromatic heterocycles. The van der Waals surface area contributed by atoms with Gasteiger partial charge in [0.1, 0.15) is 11.5 Å². The second kappa shape index (κ2) is 7.01. The third-order valence-electron chi connectivity index (χ3n) is 5.90. The molecule has 2 aromatic carbocycles. The Hall–Kier alpha value is -2.75. The van der Waals surface area contributed by atoms with E-state index in [1.165, 1.54) is 17.2 Å². The molecule has 2 aromatic rings. The summed E-state index contributed by atoms with van der Waals surface area (Å²) in [4.78, 5) is 10.8. The Morgan fingerprint density at radius 2 is 1.61 bits per heavy atom. The number of carboxylic acids is 1. The van der Waals surface area contributed by atoms with Gasteiger partial charge in [-0.1, -0.05) is 33.8 Å². The van der Waals surface area contributed by atoms with Crippen molar-refractivity contribution >= 4 is 12.0 Å². The first-order chi connectivity index (χ1) is 13.0. The van der Waals surface area contributed by atoms with Crippen LogP contribution >= 0.6 is 0 Å². The highest BCUT2D eigenvalue weighted by molar-refractivity contribution is 5.86. The Morgan fingerprint density at radius 3 is 2.18 bits per heavy atom. The molecule has 0 radical (unpaired) electrons. The molecule has 0 heterocycles. The van der Waals surface area contributed by atoms with Crippen LogP contribution in [-0.2, 0) is 15.6 Å². The zero-order valence-corrected chi connectivity index (χ0v) is 17.2. The maximum absolute atomic E-state index is 10.9. The van der Waals surface area contributed by atoms with Gasteiger partial charge in [0.15, 0.2) is 0 Å². The minimum absolute atomic E-state index is 0.0109. The van der Waals surface area contributed by atoms with Crippen molar-refractivity contribution < 1.29 is 19.7 Å². The molecule has 1 aliphatic carbocycles. The molecule has 28 heavy (non-hydrogen) atoms. The van der Waals surface area contributed by atoms with Gasteiger partial charge in [0, 0.05) is 17.2 Å². The fourth-order valence-corrected chi connectivity index (χ4v) is 4.03. The van der Waals surface area contributed by atoms with E-state index in [2.05, 4.69) is 33.8 Å². The molecule has 0 bridgehead atoms. The van der Waals surface area contributed by atoms with Gasteiger partial charge in [-0.15, -0.1) is 0 Å². The minimum Gasteiger partial charge on any atom is -0.507 e. The number of hydrogen-bond acceptors (Lipinski definition) is 3. The molecule has 0 fully saturated rings. The summed E-state index contributed by atoms with van der Waals surface area (Å²) in [5.41, 5.74) is 4.63. The highest BCUT2D eigenvalue weighted by Gasteiger charge is 2.38. The summed E-state index contributed by atoms with van der Waals surface area (Å²) in [5.74, 6) is -0.157. The topological polar surface area (TPSA) is 66.8 Å². The summed E-state index contributed by atoms with van der Waals surface area (Å²) < 4.78 is 5.52. The third kappa shape index (κ3) is 3.64. The fraction of sp³-hybridized carbons (Fsp3) is 0.375. The number of aromatic hydroxyl groups is 1. The van der Waals surface area contributed by atoms with E-state index in [0.717, 1.165) is 30.0 Å². The zero-order chi connectivity index (χ0) is 20.7. The normalized spacial score (nSPS) is 17.3. The molecule has 1 aliphatic rings. The first-order valence-electron chi connectivity index (χ1n) is 9.52. The number of carbonyl (C=O) groups is 1. The second-order valence-corrected chi connectivity index (χ2v) is 8.81. The molecule has 4 nitrogen and oxygen atoms in total. The van der Waals surface area contributed by atoms with E-state index in [1.54, 1.807) is 19.2 Å². The van der Waals surface area contributed by atoms with Crippen LogP contribution in [0.4, 0.5) is 0 Å². The van der Waals surface area contributed by atoms with Crippen molar-refractivity contribution in [2.24, 2.45) is 0 Å². The first-order valence-corrected chi connectivity index (χ1v) is 9.52. The van der Waals surface area contributed by atoms with Gasteiger partial charge >= 0.3 is 5.97 Å². The molecule has 0 unspecified atom stereocenters. The average molecular weight is 380 g/mol. The number of benzene rings is 2. The zero-order valence-electron chi connectivity index (χ0n) is 17.2. The molecule has 148 valence electrons. The van der Waals surface area contributed by atoms with Crippen molar-refractivity contribution in [1.82, 2.24) is 0 Å². The number of phenols is 1. The number of aliphatic carboxylic acids is 1. The lowest BCUT2D eigenvalue weighted by Crippen LogP contribution is -2.33. The Bertz CT molecular complexity index is 951. The summed E-state index contributed by atoms with van der Waals surface area (Å²) in [5, 5.41) is 19.8. The molecule has 4 heteroatoms. The van der Waals surface area contributed by atoms with Crippen LogP contribution in [0.1, 0.15) is 57.2 Å². The Labute approximate surface area is 166 Å². The van der Waals surface area contributed by atoms with Crippen LogP contribution in [0.5, 0.6) is 11.5 Å². The number of fused-ring (bicyclic) bond motifs is 1. The number of phenolic OH excluding ortho intramolecular Hbond substituents is 1. The van der Waals surface area contributed by atoms with Crippen molar-refractivity contribution in [3.8, 4) is 22.6 Å². The van der Waals surface area contributed by atoms with Gasteiger partial charge in [-0.25, -0.2) is 4.79 Å². The van der Waals surface area contributed by atoms with E-state index < -0.39 is 5.97 Å². The van der Waals surface area contributed by atoms with Crippen LogP contribution in [0.3, 0.4) is 0 Å². The minimum atomic E-state index is -1.00. The van der Waals surface area contributed by atoms with Gasteiger partial charge in [0.2, 0.25) is 0 Å². The molecule has 2 N–H and O–H groups in total. The van der Waals surface area contributed by atoms with Crippen molar-refractivity contribution in [3.05, 3.63) is 53.1 Å². The van der Waals surface area contributed by atoms with Gasteiger partial charge in [-0.2, -0.15) is 0 Å². The Kier molecular flexibility index (Phi) is 5.00. The predicted molar refractivity (Wildman–Crippen MR) is 112 cm³/mol. The van der Waals surface area contributed by atoms with Crippen molar-refractivity contribution in [2.75, 3.05) is 7.11 Å². The van der Waals surface area contributed by atoms with E-state index in [0.29, 0.717) is 11.3 Å². The first kappa shape index (κ1) is 20.0. The van der Waals surface area contributed by atoms with Crippen LogP contribution < -0.4 is 4.74 Å². The van der Waals surface area contributed by atoms with E-state index in [1.807, 2.05) is 12.1 Å². The molecular weight excluding hydrogens is 352 g/mol.